The van der Waals surface area contributed by atoms with Crippen molar-refractivity contribution < 1.29 is 50.6 Å². The molecule has 6 aromatic rings. The monoisotopic (exact) mass is 1110 g/mol. The summed E-state index contributed by atoms with van der Waals surface area (Å²) in [6.07, 6.45) is 8.22. The molecule has 21 heteroatoms. The Bertz CT molecular complexity index is 3330. The lowest BCUT2D eigenvalue weighted by molar-refractivity contribution is -0.386. The van der Waals surface area contributed by atoms with Crippen molar-refractivity contribution in [2.45, 2.75) is 120 Å². The average Bonchev–Trinajstić information content (AvgIpc) is 3.92. The molecule has 1 spiro atoms. The lowest BCUT2D eigenvalue weighted by Crippen LogP contribution is -2.60. The van der Waals surface area contributed by atoms with Crippen molar-refractivity contribution in [3.8, 4) is 23.3 Å². The minimum absolute atomic E-state index is 0.00625. The normalized spacial score (nSPS) is 21.3. The lowest BCUT2D eigenvalue weighted by Gasteiger charge is -2.58. The van der Waals surface area contributed by atoms with E-state index in [-0.39, 0.29) is 69.4 Å². The quantitative estimate of drug-likeness (QED) is 0.0574. The van der Waals surface area contributed by atoms with Gasteiger partial charge in [0.05, 0.1) is 41.4 Å². The minimum Gasteiger partial charge on any atom is -0.478 e. The number of hydrogen-bond acceptors (Lipinski definition) is 14. The number of carbonyl (C=O) groups is 1. The third-order valence-corrected chi connectivity index (χ3v) is 18.0. The molecule has 1 amide bonds. The number of anilines is 1. The van der Waals surface area contributed by atoms with Gasteiger partial charge in [-0.2, -0.15) is 4.98 Å². The van der Waals surface area contributed by atoms with Gasteiger partial charge in [0.2, 0.25) is 0 Å². The molecule has 4 fully saturated rings. The second-order valence-electron chi connectivity index (χ2n) is 22.7. The van der Waals surface area contributed by atoms with Gasteiger partial charge in [0, 0.05) is 93.9 Å². The topological polar surface area (TPSA) is 206 Å². The summed E-state index contributed by atoms with van der Waals surface area (Å²) >= 11 is 0. The third-order valence-electron chi connectivity index (χ3n) is 16.7. The van der Waals surface area contributed by atoms with Crippen molar-refractivity contribution in [3.63, 3.8) is 0 Å². The summed E-state index contributed by atoms with van der Waals surface area (Å²) in [6.45, 7) is 11.8. The Morgan fingerprint density at radius 1 is 0.975 bits per heavy atom. The summed E-state index contributed by atoms with van der Waals surface area (Å²) in [7, 11) is -3.44. The molecule has 0 unspecified atom stereocenters. The van der Waals surface area contributed by atoms with Crippen molar-refractivity contribution in [2.24, 2.45) is 11.3 Å². The number of H-pyrrole nitrogens is 1. The van der Waals surface area contributed by atoms with Crippen molar-refractivity contribution in [1.29, 1.82) is 0 Å². The highest BCUT2D eigenvalue weighted by Gasteiger charge is 2.50. The number of aromatic nitrogens is 3. The zero-order chi connectivity index (χ0) is 56.0. The maximum atomic E-state index is 14.9. The Balaban J connectivity index is 0.852. The van der Waals surface area contributed by atoms with Gasteiger partial charge in [-0.05, 0) is 104 Å². The van der Waals surface area contributed by atoms with Gasteiger partial charge in [-0.3, -0.25) is 24.7 Å². The van der Waals surface area contributed by atoms with Gasteiger partial charge in [-0.1, -0.05) is 62.4 Å². The molecule has 2 aliphatic carbocycles. The molecule has 2 saturated carbocycles. The number of aliphatic hydroxyl groups is 1. The van der Waals surface area contributed by atoms with Gasteiger partial charge < -0.3 is 29.2 Å². The molecule has 79 heavy (non-hydrogen) atoms. The zero-order valence-corrected chi connectivity index (χ0v) is 45.8. The first-order valence-corrected chi connectivity index (χ1v) is 28.5. The highest BCUT2D eigenvalue weighted by atomic mass is 32.2. The standard InChI is InChI=1S/C58H67F3N8O9S/c1-36(2)43-8-6-7-9-44(43)49-34-66(33-37-10-12-39(13-11-37)57(4,60)61)24-25-68(49)41-29-58(30-41)20-22-67(23-21-58)40-14-15-45(50(26-40)78-51-28-46-47(59)32-62-52(46)64-55(51)76-5)53(70)65-79(74,75)42-27-48(69(72)73)54(63-31-42)77-35-38-16-18-56(3,71)19-17-38/h6-15,26-28,31-32,36,38,41,49,71H,16-25,29-30,33-35H2,1-5H3,(H,62,64)(H,65,70)/t38?,49-,56?/m0/s1. The van der Waals surface area contributed by atoms with E-state index in [1.807, 2.05) is 16.9 Å². The highest BCUT2D eigenvalue weighted by Crippen LogP contribution is 2.54. The number of alkyl halides is 2. The molecule has 3 aromatic heterocycles. The Kier molecular flexibility index (Phi) is 15.5. The number of methoxy groups -OCH3 is 1. The molecular weight excluding hydrogens is 1040 g/mol. The maximum Gasteiger partial charge on any atom is 0.332 e. The second kappa shape index (κ2) is 22.0. The molecule has 3 aromatic carbocycles. The third kappa shape index (κ3) is 12.0. The van der Waals surface area contributed by atoms with Crippen LogP contribution in [0.15, 0.2) is 96.2 Å². The second-order valence-corrected chi connectivity index (χ2v) is 24.3. The summed E-state index contributed by atoms with van der Waals surface area (Å²) < 4.78 is 90.3. The summed E-state index contributed by atoms with van der Waals surface area (Å²) in [5, 5.41) is 22.6. The number of hydrogen-bond donors (Lipinski definition) is 3. The Hall–Kier alpha value is -6.81. The largest absolute Gasteiger partial charge is 0.478 e. The number of nitrogens with zero attached hydrogens (tertiary/aromatic N) is 6. The first-order valence-electron chi connectivity index (χ1n) is 27.0. The van der Waals surface area contributed by atoms with Gasteiger partial charge in [0.25, 0.3) is 33.6 Å². The van der Waals surface area contributed by atoms with Crippen LogP contribution in [0.4, 0.5) is 24.5 Å². The van der Waals surface area contributed by atoms with E-state index >= 15 is 0 Å². The molecule has 420 valence electrons. The van der Waals surface area contributed by atoms with Crippen LogP contribution < -0.4 is 23.8 Å². The zero-order valence-electron chi connectivity index (χ0n) is 45.0. The number of aromatic amines is 1. The first kappa shape index (κ1) is 55.5. The van der Waals surface area contributed by atoms with E-state index < -0.39 is 48.8 Å². The number of nitrogens with one attached hydrogen (secondary N) is 2. The fraction of sp³-hybridized carbons (Fsp3) is 0.466. The SMILES string of the molecule is COc1nc2[nH]cc(F)c2cc1Oc1cc(N2CCC3(CC2)CC(N2CCN(Cc4ccc(C(C)(F)F)cc4)C[C@H]2c2ccccc2C(C)C)C3)ccc1C(=O)NS(=O)(=O)c1cnc(OCC2CCC(C)(O)CC2)c([N+](=O)[O-])c1. The van der Waals surface area contributed by atoms with E-state index in [0.717, 1.165) is 76.3 Å². The molecule has 2 saturated heterocycles. The van der Waals surface area contributed by atoms with E-state index in [1.165, 1.54) is 42.5 Å². The Labute approximate surface area is 457 Å². The van der Waals surface area contributed by atoms with Crippen LogP contribution in [0.25, 0.3) is 11.0 Å². The van der Waals surface area contributed by atoms with Crippen LogP contribution in [-0.2, 0) is 22.5 Å². The van der Waals surface area contributed by atoms with Crippen molar-refractivity contribution in [3.05, 3.63) is 135 Å². The number of amides is 1. The van der Waals surface area contributed by atoms with E-state index in [4.69, 9.17) is 14.2 Å². The number of pyridine rings is 2. The van der Waals surface area contributed by atoms with Crippen molar-refractivity contribution in [2.75, 3.05) is 51.3 Å². The van der Waals surface area contributed by atoms with Crippen LogP contribution in [0.1, 0.15) is 124 Å². The average molecular weight is 1110 g/mol. The van der Waals surface area contributed by atoms with E-state index in [1.54, 1.807) is 19.1 Å². The number of halogens is 3. The molecule has 0 radical (unpaired) electrons. The van der Waals surface area contributed by atoms with Crippen LogP contribution in [0.5, 0.6) is 23.3 Å². The fourth-order valence-corrected chi connectivity index (χ4v) is 13.0. The number of ether oxygens (including phenoxy) is 3. The molecule has 4 aliphatic rings. The summed E-state index contributed by atoms with van der Waals surface area (Å²) in [5.74, 6) is -4.85. The fourth-order valence-electron chi connectivity index (χ4n) is 12.0. The predicted molar refractivity (Wildman–Crippen MR) is 291 cm³/mol. The minimum atomic E-state index is -4.79. The Morgan fingerprint density at radius 3 is 2.38 bits per heavy atom. The summed E-state index contributed by atoms with van der Waals surface area (Å²) in [5.41, 5.74) is 2.92. The van der Waals surface area contributed by atoms with Gasteiger partial charge in [0.1, 0.15) is 22.1 Å². The van der Waals surface area contributed by atoms with Gasteiger partial charge in [-0.25, -0.2) is 31.3 Å². The summed E-state index contributed by atoms with van der Waals surface area (Å²) in [6, 6.07) is 22.8. The first-order chi connectivity index (χ1) is 37.6. The highest BCUT2D eigenvalue weighted by molar-refractivity contribution is 7.90. The number of carbonyl (C=O) groups excluding carboxylic acids is 1. The Morgan fingerprint density at radius 2 is 1.70 bits per heavy atom. The molecule has 17 nitrogen and oxygen atoms in total. The predicted octanol–water partition coefficient (Wildman–Crippen LogP) is 10.8. The number of benzene rings is 3. The van der Waals surface area contributed by atoms with Crippen LogP contribution in [0, 0.1) is 27.3 Å². The number of rotatable bonds is 17. The van der Waals surface area contributed by atoms with E-state index in [0.29, 0.717) is 63.0 Å². The number of piperidine rings is 1. The summed E-state index contributed by atoms with van der Waals surface area (Å²) in [4.78, 5) is 43.3. The van der Waals surface area contributed by atoms with Crippen LogP contribution in [-0.4, -0.2) is 107 Å². The molecular formula is C58H67F3N8O9S. The number of nitro groups is 1. The molecule has 5 heterocycles. The number of fused-ring (bicyclic) bond motifs is 1. The molecule has 0 bridgehead atoms. The molecule has 3 N–H and O–H groups in total. The molecule has 1 atom stereocenters. The lowest BCUT2D eigenvalue weighted by atomic mass is 9.59. The van der Waals surface area contributed by atoms with Crippen LogP contribution >= 0.6 is 0 Å². The van der Waals surface area contributed by atoms with Gasteiger partial charge >= 0.3 is 5.69 Å². The number of sulfonamides is 1. The molecule has 10 rings (SSSR count). The van der Waals surface area contributed by atoms with Gasteiger partial charge in [-0.15, -0.1) is 0 Å². The van der Waals surface area contributed by atoms with Crippen LogP contribution in [0.2, 0.25) is 0 Å². The maximum absolute atomic E-state index is 14.9. The molecule has 2 aliphatic heterocycles. The van der Waals surface area contributed by atoms with E-state index in [2.05, 4.69) is 67.8 Å². The van der Waals surface area contributed by atoms with Crippen LogP contribution in [0.3, 0.4) is 0 Å². The van der Waals surface area contributed by atoms with Crippen molar-refractivity contribution >= 4 is 38.3 Å². The smallest absolute Gasteiger partial charge is 0.332 e. The van der Waals surface area contributed by atoms with Crippen molar-refractivity contribution in [1.82, 2.24) is 29.5 Å². The van der Waals surface area contributed by atoms with Gasteiger partial charge in [0.15, 0.2) is 5.75 Å². The van der Waals surface area contributed by atoms with E-state index in [9.17, 15) is 41.6 Å². The number of piperazine rings is 1.